The van der Waals surface area contributed by atoms with Crippen molar-refractivity contribution >= 4 is 14.4 Å². The van der Waals surface area contributed by atoms with Crippen molar-refractivity contribution in [1.82, 2.24) is 9.80 Å². The first-order valence-corrected chi connectivity index (χ1v) is 13.9. The summed E-state index contributed by atoms with van der Waals surface area (Å²) in [5.41, 5.74) is 2.68. The summed E-state index contributed by atoms with van der Waals surface area (Å²) in [6, 6.07) is 9.41. The molecule has 0 fully saturated rings. The summed E-state index contributed by atoms with van der Waals surface area (Å²) >= 11 is 0. The van der Waals surface area contributed by atoms with Gasteiger partial charge in [-0.1, -0.05) is 30.7 Å². The van der Waals surface area contributed by atoms with Gasteiger partial charge < -0.3 is 45.2 Å². The molecule has 0 spiro atoms. The Labute approximate surface area is 230 Å². The van der Waals surface area contributed by atoms with Gasteiger partial charge in [0.1, 0.15) is 24.6 Å². The van der Waals surface area contributed by atoms with Crippen LogP contribution in [0.4, 0.5) is 0 Å². The zero-order valence-corrected chi connectivity index (χ0v) is 24.0. The molecule has 1 atom stereocenters. The number of rotatable bonds is 13. The summed E-state index contributed by atoms with van der Waals surface area (Å²) in [6.45, 7) is 6.51. The molecule has 0 bridgehead atoms. The molecule has 0 amide bonds. The molecule has 0 aliphatic carbocycles. The number of phenols is 2. The van der Waals surface area contributed by atoms with Gasteiger partial charge in [0, 0.05) is 51.0 Å². The van der Waals surface area contributed by atoms with E-state index in [4.69, 9.17) is 15.0 Å². The van der Waals surface area contributed by atoms with E-state index in [9.17, 15) is 34.8 Å². The lowest BCUT2D eigenvalue weighted by molar-refractivity contribution is -0.0980. The number of phenolic OH excluding ortho intramolecular Hbond substituents is 2. The second-order valence-corrected chi connectivity index (χ2v) is 9.99. The average Bonchev–Trinajstić information content (AvgIpc) is 2.92. The minimum atomic E-state index is -4.41. The van der Waals surface area contributed by atoms with Gasteiger partial charge in [0.25, 0.3) is 0 Å². The van der Waals surface area contributed by atoms with E-state index in [1.165, 1.54) is 11.0 Å². The standard InChI is InChI=1S/C23H35N2O7P.2CH4O.CH2O/c1-3-8-25(12-20-10-18(14-26)5-7-23(20)29)21(15-27)13-24(16-33(30,31)32)11-19-9-17(2)4-6-22(19)28;3*1-2/h4-7,9-10,21,26-29H,3,8,11-16H2,1-2H3,(H2,30,31,32);2*2H,1H3;1H2. The lowest BCUT2D eigenvalue weighted by Crippen LogP contribution is -2.46. The monoisotopic (exact) mass is 576 g/mol. The number of aromatic hydroxyl groups is 2. The third kappa shape index (κ3) is 15.1. The van der Waals surface area contributed by atoms with E-state index in [1.807, 2.05) is 25.5 Å². The normalized spacial score (nSPS) is 11.5. The van der Waals surface area contributed by atoms with Crippen LogP contribution in [0.5, 0.6) is 11.5 Å². The molecular weight excluding hydrogens is 531 g/mol. The van der Waals surface area contributed by atoms with Crippen LogP contribution in [0.15, 0.2) is 36.4 Å². The third-order valence-electron chi connectivity index (χ3n) is 5.42. The number of aliphatic hydroxyl groups is 4. The first kappa shape index (κ1) is 38.8. The predicted molar refractivity (Wildman–Crippen MR) is 149 cm³/mol. The largest absolute Gasteiger partial charge is 0.508 e. The maximum absolute atomic E-state index is 11.8. The number of nitrogens with zero attached hydrogens (tertiary/aromatic N) is 2. The van der Waals surface area contributed by atoms with Crippen molar-refractivity contribution in [2.45, 2.75) is 46.0 Å². The number of aliphatic hydroxyl groups excluding tert-OH is 4. The van der Waals surface area contributed by atoms with Crippen LogP contribution in [-0.4, -0.2) is 103 Å². The molecule has 0 aliphatic heterocycles. The van der Waals surface area contributed by atoms with Crippen molar-refractivity contribution in [1.29, 1.82) is 0 Å². The fourth-order valence-electron chi connectivity index (χ4n) is 3.86. The van der Waals surface area contributed by atoms with Crippen molar-refractivity contribution in [3.63, 3.8) is 0 Å². The van der Waals surface area contributed by atoms with Gasteiger partial charge >= 0.3 is 7.60 Å². The highest BCUT2D eigenvalue weighted by Gasteiger charge is 2.26. The average molecular weight is 577 g/mol. The Balaban J connectivity index is 0. The highest BCUT2D eigenvalue weighted by atomic mass is 31.2. The quantitative estimate of drug-likeness (QED) is 0.158. The molecule has 0 aliphatic rings. The number of carbonyl (C=O) groups excluding carboxylic acids is 1. The van der Waals surface area contributed by atoms with Crippen LogP contribution < -0.4 is 0 Å². The smallest absolute Gasteiger partial charge is 0.339 e. The minimum Gasteiger partial charge on any atom is -0.508 e. The summed E-state index contributed by atoms with van der Waals surface area (Å²) in [6.07, 6.45) is 0.232. The van der Waals surface area contributed by atoms with Gasteiger partial charge in [0.05, 0.1) is 13.2 Å². The van der Waals surface area contributed by atoms with Crippen LogP contribution in [0.3, 0.4) is 0 Å². The number of hydrogen-bond donors (Lipinski definition) is 8. The van der Waals surface area contributed by atoms with Crippen LogP contribution in [-0.2, 0) is 29.1 Å². The molecule has 2 aromatic rings. The van der Waals surface area contributed by atoms with E-state index in [0.29, 0.717) is 23.2 Å². The molecule has 13 heteroatoms. The van der Waals surface area contributed by atoms with E-state index in [-0.39, 0.29) is 44.3 Å². The molecular formula is C26H45N2O10P. The molecule has 0 saturated carbocycles. The topological polar surface area (TPSA) is 202 Å². The van der Waals surface area contributed by atoms with E-state index in [1.54, 1.807) is 30.3 Å². The molecule has 224 valence electrons. The summed E-state index contributed by atoms with van der Waals surface area (Å²) in [4.78, 5) is 30.7. The van der Waals surface area contributed by atoms with Crippen molar-refractivity contribution in [3.05, 3.63) is 58.7 Å². The Morgan fingerprint density at radius 1 is 0.897 bits per heavy atom. The fraction of sp³-hybridized carbons (Fsp3) is 0.500. The van der Waals surface area contributed by atoms with Gasteiger partial charge in [0.2, 0.25) is 0 Å². The molecule has 1 unspecified atom stereocenters. The Hall–Kier alpha value is -2.38. The molecule has 0 radical (unpaired) electrons. The Kier molecular flexibility index (Phi) is 21.3. The van der Waals surface area contributed by atoms with Crippen molar-refractivity contribution in [2.75, 3.05) is 40.2 Å². The number of benzene rings is 2. The molecule has 39 heavy (non-hydrogen) atoms. The first-order chi connectivity index (χ1) is 18.6. The van der Waals surface area contributed by atoms with Crippen molar-refractivity contribution < 1.29 is 49.8 Å². The van der Waals surface area contributed by atoms with E-state index in [2.05, 4.69) is 0 Å². The summed E-state index contributed by atoms with van der Waals surface area (Å²) < 4.78 is 11.8. The maximum atomic E-state index is 11.8. The van der Waals surface area contributed by atoms with Gasteiger partial charge in [-0.05, 0) is 43.7 Å². The van der Waals surface area contributed by atoms with E-state index in [0.717, 1.165) is 26.2 Å². The highest BCUT2D eigenvalue weighted by Crippen LogP contribution is 2.36. The SMILES string of the molecule is C=O.CCCN(Cc1cc(CO)ccc1O)C(CO)CN(Cc1cc(C)ccc1O)CP(=O)(O)O.CO.CO. The molecule has 8 N–H and O–H groups in total. The van der Waals surface area contributed by atoms with E-state index >= 15 is 0 Å². The molecule has 0 heterocycles. The highest BCUT2D eigenvalue weighted by molar-refractivity contribution is 7.51. The van der Waals surface area contributed by atoms with Gasteiger partial charge in [-0.15, -0.1) is 0 Å². The van der Waals surface area contributed by atoms with Gasteiger partial charge in [0.15, 0.2) is 0 Å². The molecule has 0 aromatic heterocycles. The Morgan fingerprint density at radius 2 is 1.44 bits per heavy atom. The van der Waals surface area contributed by atoms with Crippen molar-refractivity contribution in [3.8, 4) is 11.5 Å². The molecule has 0 saturated heterocycles. The Morgan fingerprint density at radius 3 is 1.92 bits per heavy atom. The van der Waals surface area contributed by atoms with Gasteiger partial charge in [-0.2, -0.15) is 0 Å². The molecule has 12 nitrogen and oxygen atoms in total. The van der Waals surface area contributed by atoms with Crippen molar-refractivity contribution in [2.24, 2.45) is 0 Å². The van der Waals surface area contributed by atoms with Crippen LogP contribution in [0.1, 0.15) is 35.6 Å². The number of hydrogen-bond acceptors (Lipinski definition) is 10. The maximum Gasteiger partial charge on any atom is 0.339 e. The van der Waals surface area contributed by atoms with Crippen LogP contribution in [0, 0.1) is 6.92 Å². The zero-order valence-electron chi connectivity index (χ0n) is 23.1. The lowest BCUT2D eigenvalue weighted by atomic mass is 10.1. The number of aryl methyl sites for hydroxylation is 1. The third-order valence-corrected chi connectivity index (χ3v) is 6.19. The fourth-order valence-corrected chi connectivity index (χ4v) is 4.60. The summed E-state index contributed by atoms with van der Waals surface area (Å²) in [5, 5.41) is 54.1. The van der Waals surface area contributed by atoms with Gasteiger partial charge in [-0.3, -0.25) is 14.4 Å². The second-order valence-electron chi connectivity index (χ2n) is 8.38. The number of carbonyl (C=O) groups is 1. The Bertz CT molecular complexity index is 974. The molecule has 2 aromatic carbocycles. The second kappa shape index (κ2) is 21.4. The molecule has 2 rings (SSSR count). The lowest BCUT2D eigenvalue weighted by Gasteiger charge is -2.35. The summed E-state index contributed by atoms with van der Waals surface area (Å²) in [5.74, 6) is 0.106. The van der Waals surface area contributed by atoms with E-state index < -0.39 is 19.9 Å². The van der Waals surface area contributed by atoms with Crippen LogP contribution in [0.25, 0.3) is 0 Å². The minimum absolute atomic E-state index is 0.0352. The summed E-state index contributed by atoms with van der Waals surface area (Å²) in [7, 11) is -2.41. The van der Waals surface area contributed by atoms with Crippen LogP contribution >= 0.6 is 7.60 Å². The van der Waals surface area contributed by atoms with Gasteiger partial charge in [-0.25, -0.2) is 0 Å². The zero-order chi connectivity index (χ0) is 30.6. The predicted octanol–water partition coefficient (Wildman–Crippen LogP) is 1.14. The first-order valence-electron chi connectivity index (χ1n) is 12.1. The van der Waals surface area contributed by atoms with Crippen LogP contribution in [0.2, 0.25) is 0 Å².